The van der Waals surface area contributed by atoms with Crippen LogP contribution in [-0.2, 0) is 0 Å². The fraction of sp³-hybridized carbons (Fsp3) is 0. The van der Waals surface area contributed by atoms with Gasteiger partial charge in [0.1, 0.15) is 0 Å². The van der Waals surface area contributed by atoms with Crippen LogP contribution in [-0.4, -0.2) is 15.0 Å². The first-order valence-electron chi connectivity index (χ1n) is 17.5. The summed E-state index contributed by atoms with van der Waals surface area (Å²) in [7, 11) is 0. The molecular formula is C49H33N3. The molecule has 2 aromatic heterocycles. The lowest BCUT2D eigenvalue weighted by Crippen LogP contribution is -1.96. The van der Waals surface area contributed by atoms with Crippen LogP contribution in [0.5, 0.6) is 0 Å². The average Bonchev–Trinajstić information content (AvgIpc) is 3.24. The zero-order chi connectivity index (χ0) is 34.7. The van der Waals surface area contributed by atoms with Crippen LogP contribution in [0.25, 0.3) is 89.3 Å². The average molecular weight is 664 g/mol. The van der Waals surface area contributed by atoms with Crippen LogP contribution >= 0.6 is 0 Å². The van der Waals surface area contributed by atoms with Crippen molar-refractivity contribution in [1.29, 1.82) is 0 Å². The Balaban J connectivity index is 1.16. The van der Waals surface area contributed by atoms with Crippen LogP contribution in [0, 0.1) is 0 Å². The molecule has 3 nitrogen and oxygen atoms in total. The van der Waals surface area contributed by atoms with Crippen molar-refractivity contribution in [2.45, 2.75) is 0 Å². The second kappa shape index (κ2) is 13.7. The van der Waals surface area contributed by atoms with Gasteiger partial charge in [-0.05, 0) is 93.0 Å². The molecule has 2 heterocycles. The molecule has 0 N–H and O–H groups in total. The van der Waals surface area contributed by atoms with E-state index < -0.39 is 0 Å². The summed E-state index contributed by atoms with van der Waals surface area (Å²) in [5, 5.41) is 1.03. The van der Waals surface area contributed by atoms with Crippen molar-refractivity contribution in [3.63, 3.8) is 0 Å². The number of fused-ring (bicyclic) bond motifs is 1. The Kier molecular flexibility index (Phi) is 8.20. The van der Waals surface area contributed by atoms with Crippen LogP contribution in [0.4, 0.5) is 0 Å². The van der Waals surface area contributed by atoms with E-state index in [1.165, 1.54) is 5.56 Å². The fourth-order valence-corrected chi connectivity index (χ4v) is 6.85. The number of hydrogen-bond donors (Lipinski definition) is 0. The number of rotatable bonds is 7. The van der Waals surface area contributed by atoms with Gasteiger partial charge in [-0.1, -0.05) is 146 Å². The SMILES string of the molecule is c1ccc(-c2cc(-c3ccc(-c4cccc(-c5ccccn5)c4)cc3)cc(-c3nc(-c4ccccc4)c4cc(-c5ccccc5)ccc4n3)c2)cc1. The van der Waals surface area contributed by atoms with Gasteiger partial charge < -0.3 is 0 Å². The molecule has 52 heavy (non-hydrogen) atoms. The molecule has 0 saturated heterocycles. The van der Waals surface area contributed by atoms with Gasteiger partial charge in [-0.15, -0.1) is 0 Å². The third kappa shape index (κ3) is 6.28. The molecule has 0 fully saturated rings. The predicted molar refractivity (Wildman–Crippen MR) is 215 cm³/mol. The van der Waals surface area contributed by atoms with Gasteiger partial charge in [0, 0.05) is 28.3 Å². The quantitative estimate of drug-likeness (QED) is 0.170. The van der Waals surface area contributed by atoms with Gasteiger partial charge in [0.15, 0.2) is 5.82 Å². The molecule has 0 bridgehead atoms. The summed E-state index contributed by atoms with van der Waals surface area (Å²) >= 11 is 0. The van der Waals surface area contributed by atoms with E-state index in [4.69, 9.17) is 9.97 Å². The molecule has 244 valence electrons. The minimum atomic E-state index is 0.695. The molecule has 0 atom stereocenters. The van der Waals surface area contributed by atoms with Crippen molar-refractivity contribution in [1.82, 2.24) is 15.0 Å². The lowest BCUT2D eigenvalue weighted by Gasteiger charge is -2.14. The number of nitrogens with zero attached hydrogens (tertiary/aromatic N) is 3. The number of hydrogen-bond acceptors (Lipinski definition) is 3. The van der Waals surface area contributed by atoms with Crippen LogP contribution in [0.1, 0.15) is 0 Å². The maximum absolute atomic E-state index is 5.32. The van der Waals surface area contributed by atoms with E-state index >= 15 is 0 Å². The minimum Gasteiger partial charge on any atom is -0.256 e. The molecule has 0 aliphatic carbocycles. The molecule has 7 aromatic carbocycles. The van der Waals surface area contributed by atoms with E-state index in [1.54, 1.807) is 0 Å². The minimum absolute atomic E-state index is 0.695. The Labute approximate surface area is 303 Å². The first kappa shape index (κ1) is 31.0. The van der Waals surface area contributed by atoms with E-state index in [0.29, 0.717) is 5.82 Å². The summed E-state index contributed by atoms with van der Waals surface area (Å²) in [4.78, 5) is 15.1. The van der Waals surface area contributed by atoms with Gasteiger partial charge in [0.05, 0.1) is 16.9 Å². The number of benzene rings is 7. The van der Waals surface area contributed by atoms with Crippen LogP contribution in [0.3, 0.4) is 0 Å². The van der Waals surface area contributed by atoms with Crippen molar-refractivity contribution in [3.05, 3.63) is 200 Å². The second-order valence-electron chi connectivity index (χ2n) is 12.9. The summed E-state index contributed by atoms with van der Waals surface area (Å²) in [6, 6.07) is 68.0. The smallest absolute Gasteiger partial charge is 0.160 e. The summed E-state index contributed by atoms with van der Waals surface area (Å²) in [6.45, 7) is 0. The molecule has 9 aromatic rings. The molecular weight excluding hydrogens is 631 g/mol. The zero-order valence-electron chi connectivity index (χ0n) is 28.4. The Morgan fingerprint density at radius 1 is 0.288 bits per heavy atom. The first-order valence-corrected chi connectivity index (χ1v) is 17.5. The maximum atomic E-state index is 5.32. The van der Waals surface area contributed by atoms with E-state index in [2.05, 4.69) is 169 Å². The van der Waals surface area contributed by atoms with Crippen LogP contribution < -0.4 is 0 Å². The van der Waals surface area contributed by atoms with Crippen molar-refractivity contribution in [2.75, 3.05) is 0 Å². The Morgan fingerprint density at radius 3 is 1.42 bits per heavy atom. The Bertz CT molecular complexity index is 2640. The number of pyridine rings is 1. The third-order valence-electron chi connectivity index (χ3n) is 9.52. The van der Waals surface area contributed by atoms with Gasteiger partial charge in [-0.2, -0.15) is 0 Å². The molecule has 9 rings (SSSR count). The van der Waals surface area contributed by atoms with E-state index in [-0.39, 0.29) is 0 Å². The van der Waals surface area contributed by atoms with Gasteiger partial charge in [0.2, 0.25) is 0 Å². The molecule has 0 saturated carbocycles. The molecule has 0 unspecified atom stereocenters. The molecule has 3 heteroatoms. The Morgan fingerprint density at radius 2 is 0.769 bits per heavy atom. The van der Waals surface area contributed by atoms with Crippen LogP contribution in [0.2, 0.25) is 0 Å². The van der Waals surface area contributed by atoms with Gasteiger partial charge in [0.25, 0.3) is 0 Å². The normalized spacial score (nSPS) is 11.1. The standard InChI is InChI=1S/C49H33N3/c1-4-13-34(14-5-1)40-26-27-47-45(33-40)48(38-17-8-3-9-18-38)52-49(51-47)44-31-42(35-15-6-2-7-16-35)30-43(32-44)37-24-22-36(23-25-37)39-19-12-20-41(29-39)46-21-10-11-28-50-46/h1-33H. The van der Waals surface area contributed by atoms with Crippen molar-refractivity contribution < 1.29 is 0 Å². The summed E-state index contributed by atoms with van der Waals surface area (Å²) in [6.07, 6.45) is 1.84. The highest BCUT2D eigenvalue weighted by molar-refractivity contribution is 5.96. The highest BCUT2D eigenvalue weighted by Crippen LogP contribution is 2.36. The van der Waals surface area contributed by atoms with Gasteiger partial charge in [-0.3, -0.25) is 4.98 Å². The van der Waals surface area contributed by atoms with Crippen molar-refractivity contribution in [3.8, 4) is 78.4 Å². The Hall–Kier alpha value is -6.97. The highest BCUT2D eigenvalue weighted by Gasteiger charge is 2.15. The van der Waals surface area contributed by atoms with Crippen molar-refractivity contribution in [2.24, 2.45) is 0 Å². The molecule has 0 radical (unpaired) electrons. The topological polar surface area (TPSA) is 38.7 Å². The first-order chi connectivity index (χ1) is 25.7. The predicted octanol–water partition coefficient (Wildman–Crippen LogP) is 12.7. The largest absolute Gasteiger partial charge is 0.256 e. The van der Waals surface area contributed by atoms with Gasteiger partial charge >= 0.3 is 0 Å². The second-order valence-corrected chi connectivity index (χ2v) is 12.9. The molecule has 0 aliphatic rings. The summed E-state index contributed by atoms with van der Waals surface area (Å²) in [5.74, 6) is 0.695. The van der Waals surface area contributed by atoms with E-state index in [0.717, 1.165) is 77.9 Å². The van der Waals surface area contributed by atoms with E-state index in [9.17, 15) is 0 Å². The van der Waals surface area contributed by atoms with Crippen LogP contribution in [0.15, 0.2) is 200 Å². The monoisotopic (exact) mass is 663 g/mol. The summed E-state index contributed by atoms with van der Waals surface area (Å²) in [5.41, 5.74) is 15.0. The summed E-state index contributed by atoms with van der Waals surface area (Å²) < 4.78 is 0. The molecule has 0 spiro atoms. The van der Waals surface area contributed by atoms with Crippen molar-refractivity contribution >= 4 is 10.9 Å². The third-order valence-corrected chi connectivity index (χ3v) is 9.52. The molecule has 0 aliphatic heterocycles. The number of aromatic nitrogens is 3. The fourth-order valence-electron chi connectivity index (χ4n) is 6.85. The van der Waals surface area contributed by atoms with Gasteiger partial charge in [-0.25, -0.2) is 9.97 Å². The van der Waals surface area contributed by atoms with E-state index in [1.807, 2.05) is 36.5 Å². The maximum Gasteiger partial charge on any atom is 0.160 e. The zero-order valence-corrected chi connectivity index (χ0v) is 28.4. The lowest BCUT2D eigenvalue weighted by molar-refractivity contribution is 1.23. The highest BCUT2D eigenvalue weighted by atomic mass is 14.9. The molecule has 0 amide bonds. The lowest BCUT2D eigenvalue weighted by atomic mass is 9.94.